The minimum absolute atomic E-state index is 0.201. The van der Waals surface area contributed by atoms with Gasteiger partial charge in [0.15, 0.2) is 0 Å². The highest BCUT2D eigenvalue weighted by molar-refractivity contribution is 5.96. The van der Waals surface area contributed by atoms with Crippen LogP contribution >= 0.6 is 0 Å². The van der Waals surface area contributed by atoms with Crippen LogP contribution in [-0.4, -0.2) is 37.7 Å². The van der Waals surface area contributed by atoms with Gasteiger partial charge in [0.25, 0.3) is 5.91 Å². The van der Waals surface area contributed by atoms with Gasteiger partial charge in [0.2, 0.25) is 0 Å². The van der Waals surface area contributed by atoms with Gasteiger partial charge in [-0.25, -0.2) is 0 Å². The summed E-state index contributed by atoms with van der Waals surface area (Å²) in [5.41, 5.74) is 3.26. The molecule has 2 fully saturated rings. The highest BCUT2D eigenvalue weighted by atomic mass is 16.2. The molecule has 1 atom stereocenters. The Labute approximate surface area is 143 Å². The number of amides is 1. The fourth-order valence-corrected chi connectivity index (χ4v) is 4.13. The summed E-state index contributed by atoms with van der Waals surface area (Å²) in [4.78, 5) is 15.3. The first-order valence-electron chi connectivity index (χ1n) is 9.12. The zero-order chi connectivity index (χ0) is 16.7. The minimum Gasteiger partial charge on any atom is -0.345 e. The van der Waals surface area contributed by atoms with E-state index in [4.69, 9.17) is 0 Å². The maximum Gasteiger partial charge on any atom is 0.255 e. The molecule has 4 rings (SSSR count). The summed E-state index contributed by atoms with van der Waals surface area (Å²) in [7, 11) is 0. The lowest BCUT2D eigenvalue weighted by atomic mass is 10.0. The first-order valence-corrected chi connectivity index (χ1v) is 9.12. The summed E-state index contributed by atoms with van der Waals surface area (Å²) in [6.07, 6.45) is 9.63. The molecule has 0 N–H and O–H groups in total. The molecule has 0 aromatic carbocycles. The second-order valence-electron chi connectivity index (χ2n) is 7.26. The number of rotatable bonds is 4. The highest BCUT2D eigenvalue weighted by Gasteiger charge is 2.32. The number of hydrogen-bond donors (Lipinski definition) is 0. The van der Waals surface area contributed by atoms with E-state index in [1.807, 2.05) is 16.9 Å². The monoisotopic (exact) mass is 326 g/mol. The summed E-state index contributed by atoms with van der Waals surface area (Å²) in [6.45, 7) is 5.88. The van der Waals surface area contributed by atoms with Crippen LogP contribution < -0.4 is 0 Å². The van der Waals surface area contributed by atoms with Gasteiger partial charge in [0.05, 0.1) is 18.2 Å². The molecule has 1 saturated heterocycles. The van der Waals surface area contributed by atoms with Crippen LogP contribution in [0.3, 0.4) is 0 Å². The first-order chi connectivity index (χ1) is 11.6. The van der Waals surface area contributed by atoms with Crippen LogP contribution in [0.25, 0.3) is 0 Å². The fourth-order valence-electron chi connectivity index (χ4n) is 4.13. The Balaban J connectivity index is 1.58. The van der Waals surface area contributed by atoms with Crippen LogP contribution in [0.15, 0.2) is 24.5 Å². The molecule has 1 saturated carbocycles. The lowest BCUT2D eigenvalue weighted by Gasteiger charge is -2.35. The van der Waals surface area contributed by atoms with Gasteiger partial charge in [0, 0.05) is 36.4 Å². The average Bonchev–Trinajstić information content (AvgIpc) is 3.18. The van der Waals surface area contributed by atoms with Crippen molar-refractivity contribution in [3.05, 3.63) is 41.5 Å². The van der Waals surface area contributed by atoms with Crippen molar-refractivity contribution in [3.63, 3.8) is 0 Å². The second-order valence-corrected chi connectivity index (χ2v) is 7.26. The lowest BCUT2D eigenvalue weighted by molar-refractivity contribution is 0.0583. The molecule has 5 heteroatoms. The maximum absolute atomic E-state index is 13.3. The molecule has 0 radical (unpaired) electrons. The molecule has 24 heavy (non-hydrogen) atoms. The van der Waals surface area contributed by atoms with E-state index in [1.54, 1.807) is 6.20 Å². The van der Waals surface area contributed by atoms with Crippen molar-refractivity contribution in [2.24, 2.45) is 0 Å². The van der Waals surface area contributed by atoms with Crippen molar-refractivity contribution in [1.29, 1.82) is 0 Å². The van der Waals surface area contributed by atoms with Crippen LogP contribution in [0.2, 0.25) is 0 Å². The van der Waals surface area contributed by atoms with Crippen LogP contribution in [0.4, 0.5) is 0 Å². The number of hydrogen-bond acceptors (Lipinski definition) is 2. The van der Waals surface area contributed by atoms with E-state index in [9.17, 15) is 4.79 Å². The number of aryl methyl sites for hydroxylation is 1. The molecule has 2 aromatic heterocycles. The number of carbonyl (C=O) groups excluding carboxylic acids is 1. The predicted octanol–water partition coefficient (Wildman–Crippen LogP) is 3.33. The normalized spacial score (nSPS) is 21.2. The third kappa shape index (κ3) is 2.76. The predicted molar refractivity (Wildman–Crippen MR) is 93.1 cm³/mol. The maximum atomic E-state index is 13.3. The molecule has 1 amide bonds. The quantitative estimate of drug-likeness (QED) is 0.865. The number of nitrogens with zero attached hydrogens (tertiary/aromatic N) is 4. The molecule has 128 valence electrons. The van der Waals surface area contributed by atoms with Crippen molar-refractivity contribution < 1.29 is 4.79 Å². The van der Waals surface area contributed by atoms with Gasteiger partial charge in [0.1, 0.15) is 0 Å². The summed E-state index contributed by atoms with van der Waals surface area (Å²) in [5.74, 6) is 0.201. The Hall–Kier alpha value is -2.04. The highest BCUT2D eigenvalue weighted by Crippen LogP contribution is 2.38. The molecule has 5 nitrogen and oxygen atoms in total. The molecule has 1 unspecified atom stereocenters. The third-order valence-corrected chi connectivity index (χ3v) is 5.47. The molecule has 2 aliphatic rings. The van der Waals surface area contributed by atoms with Crippen molar-refractivity contribution in [2.45, 2.75) is 64.6 Å². The largest absolute Gasteiger partial charge is 0.345 e. The smallest absolute Gasteiger partial charge is 0.255 e. The van der Waals surface area contributed by atoms with Crippen LogP contribution in [-0.2, 0) is 6.54 Å². The Morgan fingerprint density at radius 1 is 1.25 bits per heavy atom. The van der Waals surface area contributed by atoms with E-state index in [-0.39, 0.29) is 11.9 Å². The Morgan fingerprint density at radius 2 is 2.08 bits per heavy atom. The van der Waals surface area contributed by atoms with Crippen LogP contribution in [0, 0.1) is 13.8 Å². The van der Waals surface area contributed by atoms with Crippen molar-refractivity contribution in [2.75, 3.05) is 6.54 Å². The Morgan fingerprint density at radius 3 is 2.79 bits per heavy atom. The SMILES string of the molecule is Cc1cc(C(=O)N2CCCCC2Cn2cccn2)c(C)n1C1CC1. The van der Waals surface area contributed by atoms with Crippen LogP contribution in [0.1, 0.15) is 59.9 Å². The van der Waals surface area contributed by atoms with E-state index in [0.29, 0.717) is 6.04 Å². The average molecular weight is 326 g/mol. The third-order valence-electron chi connectivity index (χ3n) is 5.47. The number of aromatic nitrogens is 3. The standard InChI is InChI=1S/C19H26N4O/c1-14-12-18(15(2)23(14)16-7-8-16)19(24)22-11-4-3-6-17(22)13-21-10-5-9-20-21/h5,9-10,12,16-17H,3-4,6-8,11,13H2,1-2H3. The zero-order valence-electron chi connectivity index (χ0n) is 14.6. The van der Waals surface area contributed by atoms with E-state index in [2.05, 4.69) is 34.5 Å². The van der Waals surface area contributed by atoms with Gasteiger partial charge < -0.3 is 9.47 Å². The minimum atomic E-state index is 0.201. The van der Waals surface area contributed by atoms with Gasteiger partial charge in [-0.2, -0.15) is 5.10 Å². The Bertz CT molecular complexity index is 727. The molecule has 0 spiro atoms. The lowest BCUT2D eigenvalue weighted by Crippen LogP contribution is -2.46. The number of likely N-dealkylation sites (tertiary alicyclic amines) is 1. The van der Waals surface area contributed by atoms with E-state index < -0.39 is 0 Å². The van der Waals surface area contributed by atoms with E-state index >= 15 is 0 Å². The summed E-state index contributed by atoms with van der Waals surface area (Å²) in [5, 5.41) is 4.32. The Kier molecular flexibility index (Phi) is 3.94. The number of piperidine rings is 1. The molecule has 3 heterocycles. The molecule has 1 aliphatic carbocycles. The van der Waals surface area contributed by atoms with Gasteiger partial charge in [-0.15, -0.1) is 0 Å². The molecule has 0 bridgehead atoms. The van der Waals surface area contributed by atoms with Gasteiger partial charge in [-0.05, 0) is 58.1 Å². The van der Waals surface area contributed by atoms with E-state index in [0.717, 1.165) is 37.2 Å². The van der Waals surface area contributed by atoms with Crippen molar-refractivity contribution in [1.82, 2.24) is 19.2 Å². The van der Waals surface area contributed by atoms with Gasteiger partial charge in [-0.3, -0.25) is 9.48 Å². The van der Waals surface area contributed by atoms with Crippen LogP contribution in [0.5, 0.6) is 0 Å². The van der Waals surface area contributed by atoms with Gasteiger partial charge >= 0.3 is 0 Å². The summed E-state index contributed by atoms with van der Waals surface area (Å²) in [6, 6.07) is 4.90. The zero-order valence-corrected chi connectivity index (χ0v) is 14.6. The second kappa shape index (κ2) is 6.11. The molecule has 2 aromatic rings. The van der Waals surface area contributed by atoms with E-state index in [1.165, 1.54) is 25.0 Å². The van der Waals surface area contributed by atoms with Crippen molar-refractivity contribution in [3.8, 4) is 0 Å². The summed E-state index contributed by atoms with van der Waals surface area (Å²) < 4.78 is 4.31. The topological polar surface area (TPSA) is 43.1 Å². The molecule has 1 aliphatic heterocycles. The van der Waals surface area contributed by atoms with Gasteiger partial charge in [-0.1, -0.05) is 0 Å². The fraction of sp³-hybridized carbons (Fsp3) is 0.579. The first kappa shape index (κ1) is 15.5. The summed E-state index contributed by atoms with van der Waals surface area (Å²) >= 11 is 0. The van der Waals surface area contributed by atoms with Crippen molar-refractivity contribution >= 4 is 5.91 Å². The molecular weight excluding hydrogens is 300 g/mol. The number of carbonyl (C=O) groups is 1. The molecular formula is C19H26N4O.